The number of benzene rings is 1. The molecule has 110 valence electrons. The highest BCUT2D eigenvalue weighted by molar-refractivity contribution is 7.12. The molecule has 5 heteroatoms. The lowest BCUT2D eigenvalue weighted by molar-refractivity contribution is -0.136. The van der Waals surface area contributed by atoms with Gasteiger partial charge in [-0.25, -0.2) is 0 Å². The number of hydrogen-bond acceptors (Lipinski definition) is 3. The SMILES string of the molecule is Cc1ccc(N(CCC(=O)O)C(=O)c2sccc2C)cc1. The van der Waals surface area contributed by atoms with Crippen molar-refractivity contribution in [1.29, 1.82) is 0 Å². The number of carboxylic acids is 1. The van der Waals surface area contributed by atoms with E-state index in [9.17, 15) is 9.59 Å². The molecule has 0 radical (unpaired) electrons. The third-order valence-corrected chi connectivity index (χ3v) is 4.20. The second kappa shape index (κ2) is 6.54. The van der Waals surface area contributed by atoms with Gasteiger partial charge in [-0.1, -0.05) is 17.7 Å². The van der Waals surface area contributed by atoms with Crippen molar-refractivity contribution in [2.75, 3.05) is 11.4 Å². The van der Waals surface area contributed by atoms with E-state index in [4.69, 9.17) is 5.11 Å². The Bertz CT molecular complexity index is 646. The van der Waals surface area contributed by atoms with Crippen molar-refractivity contribution in [3.8, 4) is 0 Å². The summed E-state index contributed by atoms with van der Waals surface area (Å²) in [4.78, 5) is 25.7. The van der Waals surface area contributed by atoms with Crippen molar-refractivity contribution in [3.05, 3.63) is 51.7 Å². The van der Waals surface area contributed by atoms with Crippen molar-refractivity contribution < 1.29 is 14.7 Å². The van der Waals surface area contributed by atoms with Crippen LogP contribution < -0.4 is 4.90 Å². The van der Waals surface area contributed by atoms with Gasteiger partial charge in [0.05, 0.1) is 11.3 Å². The van der Waals surface area contributed by atoms with Crippen molar-refractivity contribution >= 4 is 28.9 Å². The van der Waals surface area contributed by atoms with Crippen LogP contribution in [0.5, 0.6) is 0 Å². The Balaban J connectivity index is 2.31. The minimum atomic E-state index is -0.914. The number of aryl methyl sites for hydroxylation is 2. The molecule has 0 aliphatic carbocycles. The fourth-order valence-electron chi connectivity index (χ4n) is 1.99. The topological polar surface area (TPSA) is 57.6 Å². The van der Waals surface area contributed by atoms with Crippen LogP contribution in [0.1, 0.15) is 27.2 Å². The Kier molecular flexibility index (Phi) is 4.75. The number of anilines is 1. The van der Waals surface area contributed by atoms with Gasteiger partial charge in [0.2, 0.25) is 0 Å². The Morgan fingerprint density at radius 1 is 1.14 bits per heavy atom. The minimum absolute atomic E-state index is 0.0793. The van der Waals surface area contributed by atoms with Crippen LogP contribution >= 0.6 is 11.3 Å². The predicted octanol–water partition coefficient (Wildman–Crippen LogP) is 3.49. The average molecular weight is 303 g/mol. The molecule has 1 amide bonds. The fraction of sp³-hybridized carbons (Fsp3) is 0.250. The molecule has 0 bridgehead atoms. The molecule has 0 unspecified atom stereocenters. The van der Waals surface area contributed by atoms with Gasteiger partial charge < -0.3 is 10.0 Å². The Morgan fingerprint density at radius 3 is 2.33 bits per heavy atom. The number of carboxylic acid groups (broad SMARTS) is 1. The zero-order chi connectivity index (χ0) is 15.4. The van der Waals surface area contributed by atoms with Gasteiger partial charge in [0, 0.05) is 12.2 Å². The molecular formula is C16H17NO3S. The van der Waals surface area contributed by atoms with Crippen LogP contribution in [0.4, 0.5) is 5.69 Å². The lowest BCUT2D eigenvalue weighted by Gasteiger charge is -2.22. The van der Waals surface area contributed by atoms with Crippen LogP contribution in [0.2, 0.25) is 0 Å². The monoisotopic (exact) mass is 303 g/mol. The van der Waals surface area contributed by atoms with Gasteiger partial charge >= 0.3 is 5.97 Å². The molecule has 0 aliphatic rings. The van der Waals surface area contributed by atoms with Crippen molar-refractivity contribution in [2.45, 2.75) is 20.3 Å². The predicted molar refractivity (Wildman–Crippen MR) is 84.2 cm³/mol. The van der Waals surface area contributed by atoms with Gasteiger partial charge in [0.25, 0.3) is 5.91 Å². The molecule has 1 aromatic carbocycles. The minimum Gasteiger partial charge on any atom is -0.481 e. The molecule has 2 rings (SSSR count). The van der Waals surface area contributed by atoms with Gasteiger partial charge in [0.15, 0.2) is 0 Å². The van der Waals surface area contributed by atoms with E-state index in [-0.39, 0.29) is 18.9 Å². The van der Waals surface area contributed by atoms with Gasteiger partial charge in [-0.05, 0) is 43.0 Å². The molecule has 0 aliphatic heterocycles. The summed E-state index contributed by atoms with van der Waals surface area (Å²) in [7, 11) is 0. The van der Waals surface area contributed by atoms with Crippen LogP contribution in [0.15, 0.2) is 35.7 Å². The zero-order valence-electron chi connectivity index (χ0n) is 12.0. The maximum absolute atomic E-state index is 12.7. The van der Waals surface area contributed by atoms with E-state index in [0.717, 1.165) is 16.8 Å². The molecule has 2 aromatic rings. The molecule has 1 N–H and O–H groups in total. The van der Waals surface area contributed by atoms with E-state index in [1.165, 1.54) is 16.2 Å². The number of amides is 1. The second-order valence-electron chi connectivity index (χ2n) is 4.87. The summed E-state index contributed by atoms with van der Waals surface area (Å²) in [5.41, 5.74) is 2.73. The van der Waals surface area contributed by atoms with E-state index in [1.807, 2.05) is 49.6 Å². The van der Waals surface area contributed by atoms with Gasteiger partial charge in [-0.2, -0.15) is 0 Å². The zero-order valence-corrected chi connectivity index (χ0v) is 12.8. The number of rotatable bonds is 5. The van der Waals surface area contributed by atoms with Crippen LogP contribution in [-0.4, -0.2) is 23.5 Å². The summed E-state index contributed by atoms with van der Waals surface area (Å²) in [6, 6.07) is 9.41. The first kappa shape index (κ1) is 15.3. The molecule has 1 aromatic heterocycles. The lowest BCUT2D eigenvalue weighted by Crippen LogP contribution is -2.32. The summed E-state index contributed by atoms with van der Waals surface area (Å²) in [6.07, 6.45) is -0.0793. The lowest BCUT2D eigenvalue weighted by atomic mass is 10.2. The number of thiophene rings is 1. The van der Waals surface area contributed by atoms with E-state index < -0.39 is 5.97 Å². The normalized spacial score (nSPS) is 10.4. The highest BCUT2D eigenvalue weighted by Crippen LogP contribution is 2.23. The average Bonchev–Trinajstić information content (AvgIpc) is 2.86. The molecule has 0 fully saturated rings. The van der Waals surface area contributed by atoms with Crippen LogP contribution in [0.25, 0.3) is 0 Å². The number of carbonyl (C=O) groups is 2. The molecule has 0 spiro atoms. The number of carbonyl (C=O) groups excluding carboxylic acids is 1. The number of aliphatic carboxylic acids is 1. The highest BCUT2D eigenvalue weighted by atomic mass is 32.1. The second-order valence-corrected chi connectivity index (χ2v) is 5.78. The summed E-state index contributed by atoms with van der Waals surface area (Å²) in [5.74, 6) is -1.06. The highest BCUT2D eigenvalue weighted by Gasteiger charge is 2.21. The first-order valence-corrected chi connectivity index (χ1v) is 7.51. The standard InChI is InChI=1S/C16H17NO3S/c1-11-3-5-13(6-4-11)17(9-7-14(18)19)16(20)15-12(2)8-10-21-15/h3-6,8,10H,7,9H2,1-2H3,(H,18,19). The summed E-state index contributed by atoms with van der Waals surface area (Å²) in [5, 5.41) is 10.8. The maximum Gasteiger partial charge on any atom is 0.305 e. The first-order chi connectivity index (χ1) is 9.99. The number of hydrogen-bond donors (Lipinski definition) is 1. The summed E-state index contributed by atoms with van der Waals surface area (Å²) >= 11 is 1.38. The smallest absolute Gasteiger partial charge is 0.305 e. The van der Waals surface area contributed by atoms with Crippen LogP contribution in [0.3, 0.4) is 0 Å². The largest absolute Gasteiger partial charge is 0.481 e. The summed E-state index contributed by atoms with van der Waals surface area (Å²) in [6.45, 7) is 4.01. The van der Waals surface area contributed by atoms with E-state index in [0.29, 0.717) is 4.88 Å². The van der Waals surface area contributed by atoms with E-state index >= 15 is 0 Å². The van der Waals surface area contributed by atoms with Gasteiger partial charge in [-0.15, -0.1) is 11.3 Å². The third-order valence-electron chi connectivity index (χ3n) is 3.20. The van der Waals surface area contributed by atoms with Gasteiger partial charge in [0.1, 0.15) is 0 Å². The van der Waals surface area contributed by atoms with Gasteiger partial charge in [-0.3, -0.25) is 9.59 Å². The van der Waals surface area contributed by atoms with Crippen LogP contribution in [-0.2, 0) is 4.79 Å². The van der Waals surface area contributed by atoms with E-state index in [1.54, 1.807) is 0 Å². The van der Waals surface area contributed by atoms with Crippen molar-refractivity contribution in [1.82, 2.24) is 0 Å². The molecule has 4 nitrogen and oxygen atoms in total. The maximum atomic E-state index is 12.7. The molecule has 21 heavy (non-hydrogen) atoms. The molecule has 0 atom stereocenters. The summed E-state index contributed by atoms with van der Waals surface area (Å²) < 4.78 is 0. The fourth-order valence-corrected chi connectivity index (χ4v) is 2.87. The van der Waals surface area contributed by atoms with Crippen molar-refractivity contribution in [2.24, 2.45) is 0 Å². The molecule has 1 heterocycles. The van der Waals surface area contributed by atoms with E-state index in [2.05, 4.69) is 0 Å². The Labute approximate surface area is 127 Å². The first-order valence-electron chi connectivity index (χ1n) is 6.63. The molecule has 0 saturated carbocycles. The molecular weight excluding hydrogens is 286 g/mol. The van der Waals surface area contributed by atoms with Crippen LogP contribution in [0, 0.1) is 13.8 Å². The Morgan fingerprint density at radius 2 is 1.81 bits per heavy atom. The quantitative estimate of drug-likeness (QED) is 0.920. The molecule has 0 saturated heterocycles. The number of nitrogens with zero attached hydrogens (tertiary/aromatic N) is 1. The third kappa shape index (κ3) is 3.70. The Hall–Kier alpha value is -2.14. The van der Waals surface area contributed by atoms with Crippen molar-refractivity contribution in [3.63, 3.8) is 0 Å².